The van der Waals surface area contributed by atoms with Crippen LogP contribution in [-0.2, 0) is 6.54 Å². The van der Waals surface area contributed by atoms with Gasteiger partial charge in [-0.3, -0.25) is 9.88 Å². The number of fused-ring (bicyclic) bond motifs is 1. The summed E-state index contributed by atoms with van der Waals surface area (Å²) in [5.41, 5.74) is 1.58. The first kappa shape index (κ1) is 16.8. The number of aromatic nitrogens is 1. The molecule has 1 aromatic heterocycles. The van der Waals surface area contributed by atoms with Gasteiger partial charge in [-0.1, -0.05) is 26.8 Å². The first-order chi connectivity index (χ1) is 11.9. The second-order valence-corrected chi connectivity index (χ2v) is 8.82. The minimum absolute atomic E-state index is 0.151. The molecular weight excluding hydrogens is 312 g/mol. The second kappa shape index (κ2) is 6.27. The fraction of sp³-hybridized carbons (Fsp3) is 0.700. The van der Waals surface area contributed by atoms with Crippen molar-refractivity contribution < 1.29 is 4.79 Å². The molecule has 3 aliphatic rings. The van der Waals surface area contributed by atoms with E-state index >= 15 is 0 Å². The van der Waals surface area contributed by atoms with Gasteiger partial charge in [0.2, 0.25) is 0 Å². The Morgan fingerprint density at radius 1 is 1.28 bits per heavy atom. The highest BCUT2D eigenvalue weighted by Crippen LogP contribution is 2.61. The third kappa shape index (κ3) is 3.26. The maximum atomic E-state index is 12.6. The van der Waals surface area contributed by atoms with Crippen molar-refractivity contribution in [3.8, 4) is 0 Å². The Morgan fingerprint density at radius 3 is 2.68 bits per heavy atom. The Hall–Kier alpha value is -1.62. The number of carbonyl (C=O) groups excluding carboxylic acids is 1. The lowest BCUT2D eigenvalue weighted by atomic mass is 9.94. The molecule has 1 aromatic rings. The number of hydrogen-bond acceptors (Lipinski definition) is 3. The van der Waals surface area contributed by atoms with E-state index in [9.17, 15) is 4.79 Å². The molecule has 3 fully saturated rings. The maximum absolute atomic E-state index is 12.6. The average molecular weight is 342 g/mol. The van der Waals surface area contributed by atoms with Crippen LogP contribution in [0.5, 0.6) is 0 Å². The number of rotatable bonds is 3. The third-order valence-corrected chi connectivity index (χ3v) is 6.82. The summed E-state index contributed by atoms with van der Waals surface area (Å²) < 4.78 is 0. The van der Waals surface area contributed by atoms with E-state index in [1.807, 2.05) is 23.2 Å². The standard InChI is InChI=1S/C20H30N4O/c1-14-10-23(11-15-6-4-5-8-21-15)9-7-18(14)22-19(25)24-12-16-17(13-24)20(16,2)3/h4-6,8,14,16-18H,7,9-13H2,1-3H3,(H,22,25)/t14-,16-,17-,18+/m1/s1. The van der Waals surface area contributed by atoms with E-state index in [-0.39, 0.29) is 12.1 Å². The highest BCUT2D eigenvalue weighted by Gasteiger charge is 2.62. The summed E-state index contributed by atoms with van der Waals surface area (Å²) in [6.45, 7) is 11.7. The minimum atomic E-state index is 0.151. The molecule has 2 saturated heterocycles. The summed E-state index contributed by atoms with van der Waals surface area (Å²) in [5, 5.41) is 3.31. The molecule has 0 unspecified atom stereocenters. The van der Waals surface area contributed by atoms with Crippen LogP contribution in [0.15, 0.2) is 24.4 Å². The molecule has 4 rings (SSSR count). The van der Waals surface area contributed by atoms with Gasteiger partial charge in [0.1, 0.15) is 0 Å². The molecule has 1 saturated carbocycles. The number of hydrogen-bond donors (Lipinski definition) is 1. The molecule has 25 heavy (non-hydrogen) atoms. The minimum Gasteiger partial charge on any atom is -0.335 e. The smallest absolute Gasteiger partial charge is 0.317 e. The highest BCUT2D eigenvalue weighted by molar-refractivity contribution is 5.75. The van der Waals surface area contributed by atoms with Crippen LogP contribution in [0.1, 0.15) is 32.9 Å². The van der Waals surface area contributed by atoms with Crippen LogP contribution < -0.4 is 5.32 Å². The zero-order valence-corrected chi connectivity index (χ0v) is 15.6. The molecule has 0 aromatic carbocycles. The summed E-state index contributed by atoms with van der Waals surface area (Å²) in [6, 6.07) is 6.52. The van der Waals surface area contributed by atoms with E-state index in [1.165, 1.54) is 0 Å². The number of carbonyl (C=O) groups is 1. The quantitative estimate of drug-likeness (QED) is 0.918. The molecule has 1 aliphatic carbocycles. The Balaban J connectivity index is 1.25. The molecule has 0 spiro atoms. The van der Waals surface area contributed by atoms with Gasteiger partial charge < -0.3 is 10.2 Å². The molecule has 2 amide bonds. The van der Waals surface area contributed by atoms with Crippen LogP contribution in [0.4, 0.5) is 4.79 Å². The van der Waals surface area contributed by atoms with Gasteiger partial charge in [-0.05, 0) is 41.7 Å². The predicted molar refractivity (Wildman–Crippen MR) is 97.9 cm³/mol. The molecular formula is C20H30N4O. The van der Waals surface area contributed by atoms with Crippen LogP contribution >= 0.6 is 0 Å². The lowest BCUT2D eigenvalue weighted by Crippen LogP contribution is -2.53. The number of likely N-dealkylation sites (tertiary alicyclic amines) is 2. The number of amides is 2. The maximum Gasteiger partial charge on any atom is 0.317 e. The second-order valence-electron chi connectivity index (χ2n) is 8.82. The van der Waals surface area contributed by atoms with Gasteiger partial charge in [0.05, 0.1) is 5.69 Å². The van der Waals surface area contributed by atoms with E-state index in [0.717, 1.165) is 56.7 Å². The van der Waals surface area contributed by atoms with Gasteiger partial charge >= 0.3 is 6.03 Å². The van der Waals surface area contributed by atoms with Crippen LogP contribution in [0.3, 0.4) is 0 Å². The van der Waals surface area contributed by atoms with Crippen molar-refractivity contribution in [2.45, 2.75) is 39.8 Å². The van der Waals surface area contributed by atoms with Gasteiger partial charge in [0.15, 0.2) is 0 Å². The van der Waals surface area contributed by atoms with Gasteiger partial charge in [-0.25, -0.2) is 4.79 Å². The average Bonchev–Trinajstić information content (AvgIpc) is 2.95. The number of urea groups is 1. The zero-order valence-electron chi connectivity index (χ0n) is 15.6. The summed E-state index contributed by atoms with van der Waals surface area (Å²) in [6.07, 6.45) is 2.87. The van der Waals surface area contributed by atoms with Gasteiger partial charge in [-0.15, -0.1) is 0 Å². The molecule has 136 valence electrons. The van der Waals surface area contributed by atoms with Crippen LogP contribution in [-0.4, -0.2) is 53.0 Å². The third-order valence-electron chi connectivity index (χ3n) is 6.82. The van der Waals surface area contributed by atoms with Crippen molar-refractivity contribution in [2.75, 3.05) is 26.2 Å². The molecule has 5 heteroatoms. The van der Waals surface area contributed by atoms with E-state index in [0.29, 0.717) is 11.3 Å². The monoisotopic (exact) mass is 342 g/mol. The largest absolute Gasteiger partial charge is 0.335 e. The van der Waals surface area contributed by atoms with Gasteiger partial charge in [-0.2, -0.15) is 0 Å². The van der Waals surface area contributed by atoms with Crippen LogP contribution in [0.2, 0.25) is 0 Å². The predicted octanol–water partition coefficient (Wildman–Crippen LogP) is 2.59. The normalized spacial score (nSPS) is 33.8. The molecule has 2 aliphatic heterocycles. The van der Waals surface area contributed by atoms with Crippen molar-refractivity contribution in [1.29, 1.82) is 0 Å². The van der Waals surface area contributed by atoms with Crippen molar-refractivity contribution in [2.24, 2.45) is 23.2 Å². The molecule has 0 radical (unpaired) electrons. The van der Waals surface area contributed by atoms with E-state index in [1.54, 1.807) is 0 Å². The fourth-order valence-corrected chi connectivity index (χ4v) is 4.86. The van der Waals surface area contributed by atoms with Gasteiger partial charge in [0.25, 0.3) is 0 Å². The summed E-state index contributed by atoms with van der Waals surface area (Å²) in [5.74, 6) is 1.90. The SMILES string of the molecule is C[C@@H]1CN(Cc2ccccn2)CC[C@@H]1NC(=O)N1C[C@@H]2[C@@H](C1)C2(C)C. The van der Waals surface area contributed by atoms with Crippen molar-refractivity contribution >= 4 is 6.03 Å². The van der Waals surface area contributed by atoms with E-state index < -0.39 is 0 Å². The Kier molecular flexibility index (Phi) is 4.22. The molecule has 4 atom stereocenters. The summed E-state index contributed by atoms with van der Waals surface area (Å²) in [7, 11) is 0. The topological polar surface area (TPSA) is 48.5 Å². The number of pyridine rings is 1. The van der Waals surface area contributed by atoms with Crippen molar-refractivity contribution in [3.05, 3.63) is 30.1 Å². The number of nitrogens with zero attached hydrogens (tertiary/aromatic N) is 3. The highest BCUT2D eigenvalue weighted by atomic mass is 16.2. The first-order valence-electron chi connectivity index (χ1n) is 9.63. The lowest BCUT2D eigenvalue weighted by molar-refractivity contribution is 0.133. The van der Waals surface area contributed by atoms with Crippen molar-refractivity contribution in [3.63, 3.8) is 0 Å². The van der Waals surface area contributed by atoms with E-state index in [2.05, 4.69) is 42.0 Å². The van der Waals surface area contributed by atoms with Gasteiger partial charge in [0, 0.05) is 45.0 Å². The molecule has 3 heterocycles. The zero-order chi connectivity index (χ0) is 17.6. The Bertz CT molecular complexity index is 618. The Morgan fingerprint density at radius 2 is 2.04 bits per heavy atom. The Labute approximate surface area is 150 Å². The number of piperidine rings is 2. The van der Waals surface area contributed by atoms with Crippen LogP contribution in [0, 0.1) is 23.2 Å². The number of nitrogens with one attached hydrogen (secondary N) is 1. The summed E-state index contributed by atoms with van der Waals surface area (Å²) >= 11 is 0. The molecule has 5 nitrogen and oxygen atoms in total. The molecule has 1 N–H and O–H groups in total. The van der Waals surface area contributed by atoms with Crippen LogP contribution in [0.25, 0.3) is 0 Å². The molecule has 0 bridgehead atoms. The fourth-order valence-electron chi connectivity index (χ4n) is 4.86. The van der Waals surface area contributed by atoms with Crippen molar-refractivity contribution in [1.82, 2.24) is 20.1 Å². The summed E-state index contributed by atoms with van der Waals surface area (Å²) in [4.78, 5) is 21.5. The van der Waals surface area contributed by atoms with E-state index in [4.69, 9.17) is 0 Å². The lowest BCUT2D eigenvalue weighted by Gasteiger charge is -2.38. The first-order valence-corrected chi connectivity index (χ1v) is 9.63.